The summed E-state index contributed by atoms with van der Waals surface area (Å²) in [7, 11) is 2.00. The Balaban J connectivity index is 1.71. The number of imidazole rings is 1. The smallest absolute Gasteiger partial charge is 0.109 e. The van der Waals surface area contributed by atoms with Gasteiger partial charge in [0.05, 0.1) is 22.4 Å². The maximum absolute atomic E-state index is 5.31. The van der Waals surface area contributed by atoms with E-state index in [2.05, 4.69) is 15.0 Å². The van der Waals surface area contributed by atoms with E-state index in [1.165, 1.54) is 6.20 Å². The van der Waals surface area contributed by atoms with Crippen LogP contribution in [-0.4, -0.2) is 19.5 Å². The van der Waals surface area contributed by atoms with Gasteiger partial charge in [-0.1, -0.05) is 18.2 Å². The number of nitrogens with zero attached hydrogens (tertiary/aromatic N) is 4. The molecule has 0 bridgehead atoms. The molecule has 0 fully saturated rings. The molecule has 0 spiro atoms. The first-order valence-electron chi connectivity index (χ1n) is 7.54. The molecule has 0 aliphatic rings. The van der Waals surface area contributed by atoms with Gasteiger partial charge in [-0.2, -0.15) is 0 Å². The zero-order chi connectivity index (χ0) is 16.1. The summed E-state index contributed by atoms with van der Waals surface area (Å²) in [5.41, 5.74) is 9.07. The van der Waals surface area contributed by atoms with Crippen molar-refractivity contribution in [3.8, 4) is 0 Å². The number of allylic oxidation sites excluding steroid dienone is 2. The number of benzene rings is 1. The van der Waals surface area contributed by atoms with Gasteiger partial charge in [0.25, 0.3) is 0 Å². The normalized spacial score (nSPS) is 11.9. The highest BCUT2D eigenvalue weighted by atomic mass is 15.0. The van der Waals surface area contributed by atoms with Crippen molar-refractivity contribution in [1.29, 1.82) is 0 Å². The number of aromatic nitrogens is 4. The van der Waals surface area contributed by atoms with Crippen LogP contribution < -0.4 is 5.73 Å². The topological polar surface area (TPSA) is 69.6 Å². The molecule has 5 heteroatoms. The first kappa shape index (κ1) is 15.0. The summed E-state index contributed by atoms with van der Waals surface area (Å²) in [6.07, 6.45) is 12.6. The predicted molar refractivity (Wildman–Crippen MR) is 92.5 cm³/mol. The van der Waals surface area contributed by atoms with Crippen LogP contribution in [0.25, 0.3) is 17.1 Å². The molecule has 0 amide bonds. The van der Waals surface area contributed by atoms with Crippen LogP contribution in [0, 0.1) is 0 Å². The van der Waals surface area contributed by atoms with E-state index in [0.717, 1.165) is 41.1 Å². The van der Waals surface area contributed by atoms with Gasteiger partial charge in [0.15, 0.2) is 0 Å². The highest BCUT2D eigenvalue weighted by Crippen LogP contribution is 2.11. The van der Waals surface area contributed by atoms with Gasteiger partial charge in [-0.05, 0) is 36.9 Å². The standard InChI is InChI=1S/C18H19N5/c1-23-13-15(6-4-5-11-19)22-18(23)10-9-14-12-20-16-7-2-3-8-17(16)21-14/h2-8,11-13H,9-10,19H2,1H3/b6-4+,11-5-. The lowest BCUT2D eigenvalue weighted by Gasteiger charge is -2.03. The van der Waals surface area contributed by atoms with E-state index < -0.39 is 0 Å². The van der Waals surface area contributed by atoms with E-state index in [-0.39, 0.29) is 0 Å². The van der Waals surface area contributed by atoms with Crippen LogP contribution in [0.15, 0.2) is 55.0 Å². The summed E-state index contributed by atoms with van der Waals surface area (Å²) in [6.45, 7) is 0. The third kappa shape index (κ3) is 3.63. The third-order valence-electron chi connectivity index (χ3n) is 3.58. The average Bonchev–Trinajstić information content (AvgIpc) is 2.93. The van der Waals surface area contributed by atoms with Crippen molar-refractivity contribution in [2.45, 2.75) is 12.8 Å². The molecular formula is C18H19N5. The molecule has 2 N–H and O–H groups in total. The quantitative estimate of drug-likeness (QED) is 0.736. The Morgan fingerprint density at radius 2 is 1.91 bits per heavy atom. The van der Waals surface area contributed by atoms with Crippen LogP contribution in [0.2, 0.25) is 0 Å². The molecule has 3 rings (SSSR count). The molecular weight excluding hydrogens is 286 g/mol. The fourth-order valence-electron chi connectivity index (χ4n) is 2.42. The van der Waals surface area contributed by atoms with Gasteiger partial charge in [-0.25, -0.2) is 9.97 Å². The minimum Gasteiger partial charge on any atom is -0.405 e. The van der Waals surface area contributed by atoms with Gasteiger partial charge in [0.1, 0.15) is 5.82 Å². The number of hydrogen-bond acceptors (Lipinski definition) is 4. The van der Waals surface area contributed by atoms with E-state index in [9.17, 15) is 0 Å². The van der Waals surface area contributed by atoms with E-state index >= 15 is 0 Å². The summed E-state index contributed by atoms with van der Waals surface area (Å²) in [5.74, 6) is 1.02. The molecule has 5 nitrogen and oxygen atoms in total. The summed E-state index contributed by atoms with van der Waals surface area (Å²) in [6, 6.07) is 7.91. The fraction of sp³-hybridized carbons (Fsp3) is 0.167. The van der Waals surface area contributed by atoms with Crippen molar-refractivity contribution in [2.75, 3.05) is 0 Å². The number of fused-ring (bicyclic) bond motifs is 1. The van der Waals surface area contributed by atoms with Gasteiger partial charge >= 0.3 is 0 Å². The number of aryl methyl sites for hydroxylation is 3. The van der Waals surface area contributed by atoms with Crippen molar-refractivity contribution < 1.29 is 0 Å². The Kier molecular flexibility index (Phi) is 4.47. The second-order valence-corrected chi connectivity index (χ2v) is 5.29. The summed E-state index contributed by atoms with van der Waals surface area (Å²) >= 11 is 0. The van der Waals surface area contributed by atoms with Gasteiger partial charge in [0.2, 0.25) is 0 Å². The Bertz CT molecular complexity index is 861. The second-order valence-electron chi connectivity index (χ2n) is 5.29. The highest BCUT2D eigenvalue weighted by Gasteiger charge is 2.05. The van der Waals surface area contributed by atoms with E-state index in [1.807, 2.05) is 60.4 Å². The molecule has 3 aromatic rings. The molecule has 23 heavy (non-hydrogen) atoms. The van der Waals surface area contributed by atoms with Gasteiger partial charge in [-0.3, -0.25) is 4.98 Å². The maximum atomic E-state index is 5.31. The van der Waals surface area contributed by atoms with Crippen molar-refractivity contribution in [3.63, 3.8) is 0 Å². The van der Waals surface area contributed by atoms with E-state index in [4.69, 9.17) is 5.73 Å². The van der Waals surface area contributed by atoms with Crippen LogP contribution in [-0.2, 0) is 19.9 Å². The monoisotopic (exact) mass is 305 g/mol. The molecule has 0 aliphatic carbocycles. The van der Waals surface area contributed by atoms with Gasteiger partial charge in [0, 0.05) is 25.9 Å². The van der Waals surface area contributed by atoms with Gasteiger partial charge in [-0.15, -0.1) is 0 Å². The lowest BCUT2D eigenvalue weighted by molar-refractivity contribution is 0.761. The third-order valence-corrected chi connectivity index (χ3v) is 3.58. The first-order valence-corrected chi connectivity index (χ1v) is 7.54. The molecule has 1 aromatic carbocycles. The number of rotatable bonds is 5. The van der Waals surface area contributed by atoms with E-state index in [1.54, 1.807) is 6.08 Å². The largest absolute Gasteiger partial charge is 0.405 e. The Morgan fingerprint density at radius 3 is 2.74 bits per heavy atom. The molecule has 0 aliphatic heterocycles. The number of para-hydroxylation sites is 2. The minimum atomic E-state index is 0.814. The van der Waals surface area contributed by atoms with Crippen LogP contribution >= 0.6 is 0 Å². The molecule has 0 saturated carbocycles. The summed E-state index contributed by atoms with van der Waals surface area (Å²) in [5, 5.41) is 0. The van der Waals surface area contributed by atoms with Gasteiger partial charge < -0.3 is 10.3 Å². The van der Waals surface area contributed by atoms with Crippen LogP contribution in [0.1, 0.15) is 17.2 Å². The molecule has 0 radical (unpaired) electrons. The van der Waals surface area contributed by atoms with Crippen molar-refractivity contribution in [2.24, 2.45) is 12.8 Å². The lowest BCUT2D eigenvalue weighted by atomic mass is 10.2. The summed E-state index contributed by atoms with van der Waals surface area (Å²) in [4.78, 5) is 13.7. The van der Waals surface area contributed by atoms with E-state index in [0.29, 0.717) is 0 Å². The SMILES string of the molecule is Cn1cc(/C=C/C=C\N)nc1CCc1cnc2ccccc2n1. The fourth-order valence-corrected chi connectivity index (χ4v) is 2.42. The van der Waals surface area contributed by atoms with Crippen molar-refractivity contribution in [1.82, 2.24) is 19.5 Å². The molecule has 0 saturated heterocycles. The molecule has 2 heterocycles. The Morgan fingerprint density at radius 1 is 1.09 bits per heavy atom. The van der Waals surface area contributed by atoms with Crippen molar-refractivity contribution >= 4 is 17.1 Å². The Labute approximate surface area is 135 Å². The predicted octanol–water partition coefficient (Wildman–Crippen LogP) is 2.63. The highest BCUT2D eigenvalue weighted by molar-refractivity contribution is 5.73. The van der Waals surface area contributed by atoms with Crippen molar-refractivity contribution in [3.05, 3.63) is 72.2 Å². The van der Waals surface area contributed by atoms with Crippen LogP contribution in [0.4, 0.5) is 0 Å². The second kappa shape index (κ2) is 6.87. The molecule has 2 aromatic heterocycles. The van der Waals surface area contributed by atoms with Crippen LogP contribution in [0.3, 0.4) is 0 Å². The Hall–Kier alpha value is -2.95. The molecule has 0 unspecified atom stereocenters. The number of nitrogens with two attached hydrogens (primary N) is 1. The summed E-state index contributed by atoms with van der Waals surface area (Å²) < 4.78 is 2.04. The zero-order valence-electron chi connectivity index (χ0n) is 13.1. The van der Waals surface area contributed by atoms with Crippen LogP contribution in [0.5, 0.6) is 0 Å². The average molecular weight is 305 g/mol. The number of hydrogen-bond donors (Lipinski definition) is 1. The molecule has 116 valence electrons. The molecule has 0 atom stereocenters. The maximum Gasteiger partial charge on any atom is 0.109 e. The minimum absolute atomic E-state index is 0.814. The zero-order valence-corrected chi connectivity index (χ0v) is 13.1. The first-order chi connectivity index (χ1) is 11.3. The lowest BCUT2D eigenvalue weighted by Crippen LogP contribution is -2.02.